The molecule has 1 N–H and O–H groups in total. The molecule has 0 saturated carbocycles. The smallest absolute Gasteiger partial charge is 0.270 e. The number of aromatic amines is 1. The maximum atomic E-state index is 12.5. The van der Waals surface area contributed by atoms with Crippen molar-refractivity contribution in [2.45, 2.75) is 13.8 Å². The van der Waals surface area contributed by atoms with Crippen molar-refractivity contribution < 1.29 is 4.79 Å². The van der Waals surface area contributed by atoms with Gasteiger partial charge in [-0.2, -0.15) is 5.26 Å². The van der Waals surface area contributed by atoms with E-state index in [1.807, 2.05) is 13.0 Å². The lowest BCUT2D eigenvalue weighted by atomic mass is 10.1. The van der Waals surface area contributed by atoms with Crippen molar-refractivity contribution in [2.75, 3.05) is 13.1 Å². The van der Waals surface area contributed by atoms with Gasteiger partial charge in [-0.15, -0.1) is 0 Å². The number of aromatic nitrogens is 1. The zero-order valence-corrected chi connectivity index (χ0v) is 12.1. The Balaban J connectivity index is 2.39. The normalized spacial score (nSPS) is 11.9. The lowest BCUT2D eigenvalue weighted by Crippen LogP contribution is -2.35. The summed E-state index contributed by atoms with van der Waals surface area (Å²) in [5.41, 5.74) is -0.0217. The first-order chi connectivity index (χ1) is 10.1. The number of pyridine rings is 1. The molecule has 5 heteroatoms. The standard InChI is InChI=1S/C16H17N3O2/c1-3-19(10-11(2)9-17)16(21)14-8-12-6-4-5-7-13(12)15(20)18-14/h4-8,11H,3,10H2,1-2H3,(H,18,20). The van der Waals surface area contributed by atoms with Gasteiger partial charge in [0, 0.05) is 18.5 Å². The van der Waals surface area contributed by atoms with E-state index in [-0.39, 0.29) is 23.1 Å². The van der Waals surface area contributed by atoms with E-state index in [1.54, 1.807) is 36.1 Å². The topological polar surface area (TPSA) is 77.0 Å². The Labute approximate surface area is 122 Å². The van der Waals surface area contributed by atoms with Crippen molar-refractivity contribution in [2.24, 2.45) is 5.92 Å². The number of nitriles is 1. The van der Waals surface area contributed by atoms with Crippen molar-refractivity contribution in [3.8, 4) is 6.07 Å². The van der Waals surface area contributed by atoms with Crippen molar-refractivity contribution in [1.82, 2.24) is 9.88 Å². The van der Waals surface area contributed by atoms with Gasteiger partial charge in [-0.05, 0) is 31.4 Å². The van der Waals surface area contributed by atoms with Crippen LogP contribution in [0, 0.1) is 17.2 Å². The van der Waals surface area contributed by atoms with Crippen molar-refractivity contribution in [3.05, 3.63) is 46.4 Å². The van der Waals surface area contributed by atoms with Crippen molar-refractivity contribution >= 4 is 16.7 Å². The fourth-order valence-corrected chi connectivity index (χ4v) is 2.22. The van der Waals surface area contributed by atoms with Gasteiger partial charge in [0.25, 0.3) is 11.5 Å². The van der Waals surface area contributed by atoms with Crippen LogP contribution < -0.4 is 5.56 Å². The average molecular weight is 283 g/mol. The molecule has 1 amide bonds. The average Bonchev–Trinajstić information content (AvgIpc) is 2.51. The van der Waals surface area contributed by atoms with Gasteiger partial charge in [0.2, 0.25) is 0 Å². The molecule has 1 aromatic heterocycles. The molecule has 0 fully saturated rings. The van der Waals surface area contributed by atoms with Crippen molar-refractivity contribution in [1.29, 1.82) is 5.26 Å². The van der Waals surface area contributed by atoms with Crippen LogP contribution in [-0.2, 0) is 0 Å². The highest BCUT2D eigenvalue weighted by Crippen LogP contribution is 2.12. The largest absolute Gasteiger partial charge is 0.336 e. The monoisotopic (exact) mass is 283 g/mol. The summed E-state index contributed by atoms with van der Waals surface area (Å²) in [5, 5.41) is 10.2. The van der Waals surface area contributed by atoms with Crippen molar-refractivity contribution in [3.63, 3.8) is 0 Å². The van der Waals surface area contributed by atoms with Crippen LogP contribution in [0.2, 0.25) is 0 Å². The predicted octanol–water partition coefficient (Wildman–Crippen LogP) is 2.15. The first-order valence-electron chi connectivity index (χ1n) is 6.87. The molecule has 0 aliphatic heterocycles. The molecule has 1 atom stereocenters. The van der Waals surface area contributed by atoms with Crippen LogP contribution in [0.25, 0.3) is 10.8 Å². The summed E-state index contributed by atoms with van der Waals surface area (Å²) in [6, 6.07) is 10.9. The third-order valence-electron chi connectivity index (χ3n) is 3.37. The number of rotatable bonds is 4. The maximum absolute atomic E-state index is 12.5. The molecule has 1 unspecified atom stereocenters. The lowest BCUT2D eigenvalue weighted by molar-refractivity contribution is 0.0747. The first kappa shape index (κ1) is 14.8. The third kappa shape index (κ3) is 3.11. The van der Waals surface area contributed by atoms with E-state index < -0.39 is 0 Å². The summed E-state index contributed by atoms with van der Waals surface area (Å²) in [6.07, 6.45) is 0. The highest BCUT2D eigenvalue weighted by molar-refractivity contribution is 5.96. The molecular weight excluding hydrogens is 266 g/mol. The van der Waals surface area contributed by atoms with E-state index in [9.17, 15) is 9.59 Å². The molecule has 2 rings (SSSR count). The minimum Gasteiger partial charge on any atom is -0.336 e. The van der Waals surface area contributed by atoms with E-state index >= 15 is 0 Å². The Morgan fingerprint density at radius 3 is 2.81 bits per heavy atom. The second kappa shape index (κ2) is 6.23. The molecule has 21 heavy (non-hydrogen) atoms. The molecule has 0 radical (unpaired) electrons. The van der Waals surface area contributed by atoms with E-state index in [2.05, 4.69) is 11.1 Å². The molecule has 0 spiro atoms. The molecule has 1 heterocycles. The van der Waals surface area contributed by atoms with Crippen LogP contribution in [0.15, 0.2) is 35.1 Å². The maximum Gasteiger partial charge on any atom is 0.270 e. The molecular formula is C16H17N3O2. The third-order valence-corrected chi connectivity index (χ3v) is 3.37. The molecule has 0 bridgehead atoms. The second-order valence-electron chi connectivity index (χ2n) is 4.97. The number of hydrogen-bond acceptors (Lipinski definition) is 3. The Hall–Kier alpha value is -2.61. The van der Waals surface area contributed by atoms with Gasteiger partial charge in [0.1, 0.15) is 5.69 Å². The molecule has 0 aliphatic carbocycles. The zero-order valence-electron chi connectivity index (χ0n) is 12.1. The molecule has 0 aliphatic rings. The van der Waals surface area contributed by atoms with Gasteiger partial charge in [-0.1, -0.05) is 18.2 Å². The highest BCUT2D eigenvalue weighted by Gasteiger charge is 2.18. The SMILES string of the molecule is CCN(CC(C)C#N)C(=O)c1cc2ccccc2c(=O)[nH]1. The van der Waals surface area contributed by atoms with Gasteiger partial charge >= 0.3 is 0 Å². The van der Waals surface area contributed by atoms with Gasteiger partial charge in [-0.25, -0.2) is 0 Å². The minimum absolute atomic E-state index is 0.249. The number of H-pyrrole nitrogens is 1. The number of benzene rings is 1. The van der Waals surface area contributed by atoms with E-state index in [4.69, 9.17) is 5.26 Å². The molecule has 5 nitrogen and oxygen atoms in total. The van der Waals surface area contributed by atoms with Crippen LogP contribution in [0.1, 0.15) is 24.3 Å². The number of hydrogen-bond donors (Lipinski definition) is 1. The minimum atomic E-state index is -0.277. The highest BCUT2D eigenvalue weighted by atomic mass is 16.2. The van der Waals surface area contributed by atoms with Crippen LogP contribution in [0.4, 0.5) is 0 Å². The van der Waals surface area contributed by atoms with E-state index in [0.717, 1.165) is 5.39 Å². The van der Waals surface area contributed by atoms with Gasteiger partial charge in [0.15, 0.2) is 0 Å². The predicted molar refractivity (Wildman–Crippen MR) is 80.9 cm³/mol. The zero-order chi connectivity index (χ0) is 15.4. The van der Waals surface area contributed by atoms with Crippen LogP contribution in [-0.4, -0.2) is 28.9 Å². The molecule has 108 valence electrons. The number of nitrogens with one attached hydrogen (secondary N) is 1. The Morgan fingerprint density at radius 1 is 1.43 bits per heavy atom. The van der Waals surface area contributed by atoms with Crippen LogP contribution in [0.3, 0.4) is 0 Å². The van der Waals surface area contributed by atoms with E-state index in [0.29, 0.717) is 18.5 Å². The molecule has 1 aromatic carbocycles. The number of carbonyl (C=O) groups is 1. The summed E-state index contributed by atoms with van der Waals surface area (Å²) >= 11 is 0. The van der Waals surface area contributed by atoms with Crippen LogP contribution >= 0.6 is 0 Å². The fourth-order valence-electron chi connectivity index (χ4n) is 2.22. The van der Waals surface area contributed by atoms with Gasteiger partial charge in [0.05, 0.1) is 12.0 Å². The summed E-state index contributed by atoms with van der Waals surface area (Å²) in [4.78, 5) is 28.7. The van der Waals surface area contributed by atoms with Gasteiger partial charge < -0.3 is 9.88 Å². The molecule has 2 aromatic rings. The molecule has 0 saturated heterocycles. The summed E-state index contributed by atoms with van der Waals surface area (Å²) in [6.45, 7) is 4.45. The first-order valence-corrected chi connectivity index (χ1v) is 6.87. The van der Waals surface area contributed by atoms with Gasteiger partial charge in [-0.3, -0.25) is 9.59 Å². The Morgan fingerprint density at radius 2 is 2.14 bits per heavy atom. The fraction of sp³-hybridized carbons (Fsp3) is 0.312. The number of fused-ring (bicyclic) bond motifs is 1. The summed E-state index contributed by atoms with van der Waals surface area (Å²) in [5.74, 6) is -0.511. The lowest BCUT2D eigenvalue weighted by Gasteiger charge is -2.21. The quantitative estimate of drug-likeness (QED) is 0.934. The van der Waals surface area contributed by atoms with Crippen LogP contribution in [0.5, 0.6) is 0 Å². The summed E-state index contributed by atoms with van der Waals surface area (Å²) in [7, 11) is 0. The van der Waals surface area contributed by atoms with E-state index in [1.165, 1.54) is 0 Å². The number of amides is 1. The second-order valence-corrected chi connectivity index (χ2v) is 4.97. The Bertz CT molecular complexity index is 758. The summed E-state index contributed by atoms with van der Waals surface area (Å²) < 4.78 is 0. The Kier molecular flexibility index (Phi) is 4.39. The number of carbonyl (C=O) groups excluding carboxylic acids is 1. The number of nitrogens with zero attached hydrogens (tertiary/aromatic N) is 2.